The van der Waals surface area contributed by atoms with Gasteiger partial charge in [0.25, 0.3) is 0 Å². The minimum Gasteiger partial charge on any atom is -0.443 e. The van der Waals surface area contributed by atoms with Crippen LogP contribution >= 0.6 is 0 Å². The molecule has 3 heterocycles. The summed E-state index contributed by atoms with van der Waals surface area (Å²) in [4.78, 5) is 36.4. The molecule has 10 nitrogen and oxygen atoms in total. The van der Waals surface area contributed by atoms with Gasteiger partial charge >= 0.3 is 19.3 Å². The van der Waals surface area contributed by atoms with Crippen LogP contribution in [0, 0.1) is 0 Å². The molecule has 0 bridgehead atoms. The molecule has 0 saturated carbocycles. The Morgan fingerprint density at radius 2 is 1.42 bits per heavy atom. The molecule has 11 heteroatoms. The van der Waals surface area contributed by atoms with Crippen LogP contribution in [0.4, 0.5) is 15.4 Å². The molecule has 2 aromatic heterocycles. The molecule has 0 aliphatic carbocycles. The van der Waals surface area contributed by atoms with Crippen LogP contribution < -0.4 is 10.4 Å². The van der Waals surface area contributed by atoms with Crippen molar-refractivity contribution in [1.82, 2.24) is 14.5 Å². The van der Waals surface area contributed by atoms with Gasteiger partial charge in [0, 0.05) is 17.7 Å². The van der Waals surface area contributed by atoms with E-state index < -0.39 is 41.7 Å². The summed E-state index contributed by atoms with van der Waals surface area (Å²) >= 11 is 0. The van der Waals surface area contributed by atoms with Crippen LogP contribution in [0.25, 0.3) is 11.0 Å². The van der Waals surface area contributed by atoms with Crippen LogP contribution in [0.15, 0.2) is 12.5 Å². The Labute approximate surface area is 213 Å². The third-order valence-electron chi connectivity index (χ3n) is 6.05. The zero-order valence-corrected chi connectivity index (χ0v) is 23.5. The van der Waals surface area contributed by atoms with Gasteiger partial charge in [0.1, 0.15) is 23.2 Å². The Kier molecular flexibility index (Phi) is 7.00. The Bertz CT molecular complexity index is 1120. The first kappa shape index (κ1) is 27.9. The van der Waals surface area contributed by atoms with Crippen LogP contribution in [0.3, 0.4) is 0 Å². The van der Waals surface area contributed by atoms with Gasteiger partial charge in [-0.25, -0.2) is 19.6 Å². The molecule has 1 aliphatic rings. The van der Waals surface area contributed by atoms with E-state index in [0.717, 1.165) is 4.90 Å². The van der Waals surface area contributed by atoms with Crippen LogP contribution in [-0.4, -0.2) is 56.2 Å². The van der Waals surface area contributed by atoms with Crippen molar-refractivity contribution in [1.29, 1.82) is 0 Å². The smallest absolute Gasteiger partial charge is 0.443 e. The van der Waals surface area contributed by atoms with Gasteiger partial charge in [-0.1, -0.05) is 0 Å². The largest absolute Gasteiger partial charge is 0.497 e. The number of anilines is 1. The topological polar surface area (TPSA) is 105 Å². The number of nitrogens with zero attached hydrogens (tertiary/aromatic N) is 4. The van der Waals surface area contributed by atoms with E-state index in [0.29, 0.717) is 16.5 Å². The van der Waals surface area contributed by atoms with Crippen molar-refractivity contribution in [2.75, 3.05) is 4.90 Å². The van der Waals surface area contributed by atoms with Crippen molar-refractivity contribution < 1.29 is 28.4 Å². The molecule has 3 rings (SSSR count). The summed E-state index contributed by atoms with van der Waals surface area (Å²) in [6.07, 6.45) is 1.37. The fourth-order valence-corrected chi connectivity index (χ4v) is 3.67. The van der Waals surface area contributed by atoms with E-state index in [2.05, 4.69) is 9.97 Å². The van der Waals surface area contributed by atoms with Crippen molar-refractivity contribution >= 4 is 41.6 Å². The number of hydrogen-bond acceptors (Lipinski definition) is 8. The van der Waals surface area contributed by atoms with Gasteiger partial charge in [-0.2, -0.15) is 4.90 Å². The monoisotopic (exact) mass is 502 g/mol. The Morgan fingerprint density at radius 1 is 0.944 bits per heavy atom. The van der Waals surface area contributed by atoms with Gasteiger partial charge in [-0.15, -0.1) is 0 Å². The number of imide groups is 1. The van der Waals surface area contributed by atoms with E-state index in [1.54, 1.807) is 41.5 Å². The maximum Gasteiger partial charge on any atom is 0.497 e. The molecular weight excluding hydrogens is 463 g/mol. The minimum atomic E-state index is -0.908. The van der Waals surface area contributed by atoms with Crippen molar-refractivity contribution in [2.45, 2.75) is 112 Å². The first-order valence-electron chi connectivity index (χ1n) is 12.2. The number of aromatic nitrogens is 3. The number of fused-ring (bicyclic) bond motifs is 1. The molecule has 1 aliphatic heterocycles. The number of rotatable bonds is 3. The predicted molar refractivity (Wildman–Crippen MR) is 139 cm³/mol. The molecule has 2 aromatic rings. The number of ether oxygens (including phenoxy) is 2. The SMILES string of the molecule is CC(C)n1cc(B2OC(C)(C)C(C)(C)O2)c2c(N(C(=O)OC(C)(C)C)C(=O)OC(C)(C)C)ncnc21. The molecule has 0 aromatic carbocycles. The van der Waals surface area contributed by atoms with Gasteiger partial charge < -0.3 is 23.3 Å². The third kappa shape index (κ3) is 5.51. The van der Waals surface area contributed by atoms with E-state index in [-0.39, 0.29) is 11.9 Å². The maximum absolute atomic E-state index is 13.4. The average Bonchev–Trinajstić information content (AvgIpc) is 3.14. The van der Waals surface area contributed by atoms with E-state index in [1.807, 2.05) is 52.3 Å². The van der Waals surface area contributed by atoms with Crippen molar-refractivity contribution in [3.05, 3.63) is 12.5 Å². The molecule has 0 N–H and O–H groups in total. The average molecular weight is 502 g/mol. The van der Waals surface area contributed by atoms with Crippen LogP contribution in [0.2, 0.25) is 0 Å². The summed E-state index contributed by atoms with van der Waals surface area (Å²) in [5.41, 5.74) is -1.79. The molecule has 36 heavy (non-hydrogen) atoms. The van der Waals surface area contributed by atoms with E-state index in [1.165, 1.54) is 6.33 Å². The number of amides is 2. The van der Waals surface area contributed by atoms with Crippen molar-refractivity contribution in [2.24, 2.45) is 0 Å². The lowest BCUT2D eigenvalue weighted by Crippen LogP contribution is -2.45. The summed E-state index contributed by atoms with van der Waals surface area (Å²) in [6, 6.07) is 0.0166. The highest BCUT2D eigenvalue weighted by Gasteiger charge is 2.53. The normalized spacial score (nSPS) is 17.5. The standard InChI is InChI=1S/C25H39BN4O6/c1-15(2)29-13-16(26-35-24(9,10)25(11,12)36-26)17-18(29)27-14-28-19(17)30(20(31)33-22(3,4)5)21(32)34-23(6,7)8/h13-15H,1-12H3. The van der Waals surface area contributed by atoms with Crippen LogP contribution in [-0.2, 0) is 18.8 Å². The minimum absolute atomic E-state index is 0.0166. The van der Waals surface area contributed by atoms with Crippen LogP contribution in [0.1, 0.15) is 89.1 Å². The Hall–Kier alpha value is -2.66. The molecule has 0 radical (unpaired) electrons. The summed E-state index contributed by atoms with van der Waals surface area (Å²) < 4.78 is 25.7. The fraction of sp³-hybridized carbons (Fsp3) is 0.680. The van der Waals surface area contributed by atoms with E-state index >= 15 is 0 Å². The van der Waals surface area contributed by atoms with Gasteiger partial charge in [-0.3, -0.25) is 0 Å². The summed E-state index contributed by atoms with van der Waals surface area (Å²) in [7, 11) is -0.777. The van der Waals surface area contributed by atoms with E-state index in [4.69, 9.17) is 18.8 Å². The molecule has 1 fully saturated rings. The lowest BCUT2D eigenvalue weighted by molar-refractivity contribution is 0.00578. The van der Waals surface area contributed by atoms with Crippen molar-refractivity contribution in [3.63, 3.8) is 0 Å². The Morgan fingerprint density at radius 3 is 1.83 bits per heavy atom. The third-order valence-corrected chi connectivity index (χ3v) is 6.05. The highest BCUT2D eigenvalue weighted by Crippen LogP contribution is 2.38. The van der Waals surface area contributed by atoms with Gasteiger partial charge in [-0.05, 0) is 83.1 Å². The number of hydrogen-bond donors (Lipinski definition) is 0. The number of carbonyl (C=O) groups excluding carboxylic acids is 2. The molecule has 0 unspecified atom stereocenters. The van der Waals surface area contributed by atoms with Gasteiger partial charge in [0.15, 0.2) is 5.82 Å². The molecule has 0 atom stereocenters. The molecule has 1 saturated heterocycles. The fourth-order valence-electron chi connectivity index (χ4n) is 3.67. The predicted octanol–water partition coefficient (Wildman–Crippen LogP) is 4.99. The Balaban J connectivity index is 2.28. The maximum atomic E-state index is 13.4. The second-order valence-electron chi connectivity index (χ2n) is 12.4. The summed E-state index contributed by atoms with van der Waals surface area (Å²) in [5, 5.41) is 0.446. The van der Waals surface area contributed by atoms with E-state index in [9.17, 15) is 9.59 Å². The summed E-state index contributed by atoms with van der Waals surface area (Å²) in [6.45, 7) is 22.2. The van der Waals surface area contributed by atoms with Gasteiger partial charge in [0.2, 0.25) is 0 Å². The quantitative estimate of drug-likeness (QED) is 0.541. The zero-order valence-electron chi connectivity index (χ0n) is 23.5. The second-order valence-corrected chi connectivity index (χ2v) is 12.4. The lowest BCUT2D eigenvalue weighted by atomic mass is 9.79. The second kappa shape index (κ2) is 9.02. The zero-order chi connectivity index (χ0) is 27.4. The molecule has 198 valence electrons. The highest BCUT2D eigenvalue weighted by molar-refractivity contribution is 6.65. The highest BCUT2D eigenvalue weighted by atomic mass is 16.7. The first-order chi connectivity index (χ1) is 16.2. The van der Waals surface area contributed by atoms with Crippen LogP contribution in [0.5, 0.6) is 0 Å². The number of carbonyl (C=O) groups is 2. The summed E-state index contributed by atoms with van der Waals surface area (Å²) in [5.74, 6) is 0.0348. The first-order valence-corrected chi connectivity index (χ1v) is 12.2. The van der Waals surface area contributed by atoms with Gasteiger partial charge in [0.05, 0.1) is 16.6 Å². The molecule has 2 amide bonds. The lowest BCUT2D eigenvalue weighted by Gasteiger charge is -2.32. The van der Waals surface area contributed by atoms with Crippen molar-refractivity contribution in [3.8, 4) is 0 Å². The molecular formula is C25H39BN4O6. The molecule has 0 spiro atoms.